The minimum absolute atomic E-state index is 0.162. The van der Waals surface area contributed by atoms with Crippen molar-refractivity contribution in [3.63, 3.8) is 0 Å². The summed E-state index contributed by atoms with van der Waals surface area (Å²) in [6.45, 7) is 1.39. The van der Waals surface area contributed by atoms with E-state index in [9.17, 15) is 14.4 Å². The van der Waals surface area contributed by atoms with Crippen molar-refractivity contribution >= 4 is 29.3 Å². The molecule has 0 aromatic carbocycles. The number of imide groups is 1. The molecule has 7 heteroatoms. The number of nitrogens with zero attached hydrogens (tertiary/aromatic N) is 2. The van der Waals surface area contributed by atoms with E-state index in [1.165, 1.54) is 23.4 Å². The zero-order valence-electron chi connectivity index (χ0n) is 9.51. The highest BCUT2D eigenvalue weighted by Gasteiger charge is 2.34. The van der Waals surface area contributed by atoms with Crippen molar-refractivity contribution in [2.75, 3.05) is 6.54 Å². The first-order valence-electron chi connectivity index (χ1n) is 5.25. The number of carbonyl (C=O) groups excluding carboxylic acids is 3. The number of pyridine rings is 1. The number of amides is 3. The summed E-state index contributed by atoms with van der Waals surface area (Å²) in [5.74, 6) is -1.46. The standard InChI is InChI=1S/C11H10ClN3O3/c1-6-10(17)14-9(16)5-15(6)11(18)7-2-3-13-4-8(7)12/h2-4,6H,5H2,1H3,(H,14,16,17). The number of rotatable bonds is 1. The van der Waals surface area contributed by atoms with Crippen molar-refractivity contribution in [1.82, 2.24) is 15.2 Å². The van der Waals surface area contributed by atoms with Gasteiger partial charge in [-0.3, -0.25) is 24.7 Å². The fraction of sp³-hybridized carbons (Fsp3) is 0.273. The van der Waals surface area contributed by atoms with Crippen LogP contribution in [0.5, 0.6) is 0 Å². The lowest BCUT2D eigenvalue weighted by Gasteiger charge is -2.31. The monoisotopic (exact) mass is 267 g/mol. The Balaban J connectivity index is 2.31. The molecule has 1 unspecified atom stereocenters. The molecular weight excluding hydrogens is 258 g/mol. The van der Waals surface area contributed by atoms with Gasteiger partial charge in [-0.1, -0.05) is 11.6 Å². The zero-order chi connectivity index (χ0) is 13.3. The Morgan fingerprint density at radius 3 is 2.94 bits per heavy atom. The molecule has 2 rings (SSSR count). The maximum absolute atomic E-state index is 12.2. The number of hydrogen-bond donors (Lipinski definition) is 1. The van der Waals surface area contributed by atoms with Crippen LogP contribution in [0.2, 0.25) is 5.02 Å². The van der Waals surface area contributed by atoms with E-state index in [0.717, 1.165) is 0 Å². The lowest BCUT2D eigenvalue weighted by molar-refractivity contribution is -0.138. The van der Waals surface area contributed by atoms with Crippen LogP contribution in [-0.4, -0.2) is 40.2 Å². The third kappa shape index (κ3) is 2.19. The quantitative estimate of drug-likeness (QED) is 0.739. The molecule has 3 amide bonds. The van der Waals surface area contributed by atoms with Crippen molar-refractivity contribution < 1.29 is 14.4 Å². The molecule has 2 heterocycles. The number of piperazine rings is 1. The molecule has 1 fully saturated rings. The van der Waals surface area contributed by atoms with Gasteiger partial charge in [-0.05, 0) is 13.0 Å². The van der Waals surface area contributed by atoms with Gasteiger partial charge in [0.1, 0.15) is 12.6 Å². The number of halogens is 1. The van der Waals surface area contributed by atoms with Gasteiger partial charge in [0.05, 0.1) is 10.6 Å². The topological polar surface area (TPSA) is 79.4 Å². The minimum atomic E-state index is -0.709. The highest BCUT2D eigenvalue weighted by Crippen LogP contribution is 2.18. The Morgan fingerprint density at radius 1 is 1.56 bits per heavy atom. The molecule has 0 spiro atoms. The van der Waals surface area contributed by atoms with Gasteiger partial charge in [0, 0.05) is 12.4 Å². The third-order valence-corrected chi connectivity index (χ3v) is 2.99. The maximum Gasteiger partial charge on any atom is 0.256 e. The molecule has 0 aliphatic carbocycles. The van der Waals surface area contributed by atoms with E-state index in [2.05, 4.69) is 10.3 Å². The molecule has 0 bridgehead atoms. The second-order valence-electron chi connectivity index (χ2n) is 3.88. The van der Waals surface area contributed by atoms with E-state index in [-0.39, 0.29) is 17.1 Å². The largest absolute Gasteiger partial charge is 0.318 e. The van der Waals surface area contributed by atoms with E-state index >= 15 is 0 Å². The number of aromatic nitrogens is 1. The van der Waals surface area contributed by atoms with Crippen molar-refractivity contribution in [3.8, 4) is 0 Å². The fourth-order valence-corrected chi connectivity index (χ4v) is 1.87. The summed E-state index contributed by atoms with van der Waals surface area (Å²) in [7, 11) is 0. The summed E-state index contributed by atoms with van der Waals surface area (Å²) in [5, 5.41) is 2.35. The Hall–Kier alpha value is -1.95. The smallest absolute Gasteiger partial charge is 0.256 e. The lowest BCUT2D eigenvalue weighted by atomic mass is 10.1. The number of carbonyl (C=O) groups is 3. The molecule has 1 aromatic rings. The van der Waals surface area contributed by atoms with Crippen LogP contribution in [0.15, 0.2) is 18.5 Å². The minimum Gasteiger partial charge on any atom is -0.318 e. The first-order chi connectivity index (χ1) is 8.50. The number of hydrogen-bond acceptors (Lipinski definition) is 4. The Kier molecular flexibility index (Phi) is 3.29. The van der Waals surface area contributed by atoms with Crippen LogP contribution in [0.3, 0.4) is 0 Å². The normalized spacial score (nSPS) is 19.7. The fourth-order valence-electron chi connectivity index (χ4n) is 1.67. The van der Waals surface area contributed by atoms with Crippen LogP contribution in [0.25, 0.3) is 0 Å². The van der Waals surface area contributed by atoms with Crippen molar-refractivity contribution in [2.45, 2.75) is 13.0 Å². The van der Waals surface area contributed by atoms with E-state index in [1.54, 1.807) is 6.92 Å². The van der Waals surface area contributed by atoms with Gasteiger partial charge in [-0.2, -0.15) is 0 Å². The molecule has 1 atom stereocenters. The first-order valence-corrected chi connectivity index (χ1v) is 5.62. The van der Waals surface area contributed by atoms with Crippen LogP contribution in [0, 0.1) is 0 Å². The lowest BCUT2D eigenvalue weighted by Crippen LogP contribution is -2.58. The summed E-state index contributed by atoms with van der Waals surface area (Å²) in [6, 6.07) is 0.744. The zero-order valence-corrected chi connectivity index (χ0v) is 10.3. The summed E-state index contributed by atoms with van der Waals surface area (Å²) in [5.41, 5.74) is 0.223. The van der Waals surface area contributed by atoms with Gasteiger partial charge in [0.2, 0.25) is 11.8 Å². The SMILES string of the molecule is CC1C(=O)NC(=O)CN1C(=O)c1ccncc1Cl. The highest BCUT2D eigenvalue weighted by atomic mass is 35.5. The Bertz CT molecular complexity index is 532. The molecule has 94 valence electrons. The van der Waals surface area contributed by atoms with E-state index in [0.29, 0.717) is 0 Å². The molecular formula is C11H10ClN3O3. The molecule has 18 heavy (non-hydrogen) atoms. The molecule has 1 N–H and O–H groups in total. The van der Waals surface area contributed by atoms with Crippen LogP contribution < -0.4 is 5.32 Å². The predicted octanol–water partition coefficient (Wildman–Crippen LogP) is 0.222. The molecule has 1 saturated heterocycles. The van der Waals surface area contributed by atoms with E-state index in [1.807, 2.05) is 0 Å². The van der Waals surface area contributed by atoms with Crippen LogP contribution in [-0.2, 0) is 9.59 Å². The van der Waals surface area contributed by atoms with Crippen molar-refractivity contribution in [1.29, 1.82) is 0 Å². The van der Waals surface area contributed by atoms with Gasteiger partial charge < -0.3 is 4.90 Å². The predicted molar refractivity (Wildman–Crippen MR) is 62.9 cm³/mol. The van der Waals surface area contributed by atoms with Crippen molar-refractivity contribution in [3.05, 3.63) is 29.0 Å². The summed E-state index contributed by atoms with van der Waals surface area (Å²) < 4.78 is 0. The molecule has 1 aliphatic heterocycles. The van der Waals surface area contributed by atoms with Gasteiger partial charge >= 0.3 is 0 Å². The maximum atomic E-state index is 12.2. The third-order valence-electron chi connectivity index (χ3n) is 2.69. The Labute approximate surface area is 108 Å². The van der Waals surface area contributed by atoms with Crippen molar-refractivity contribution in [2.24, 2.45) is 0 Å². The van der Waals surface area contributed by atoms with Crippen LogP contribution in [0.1, 0.15) is 17.3 Å². The number of nitrogens with one attached hydrogen (secondary N) is 1. The van der Waals surface area contributed by atoms with Gasteiger partial charge in [-0.25, -0.2) is 0 Å². The highest BCUT2D eigenvalue weighted by molar-refractivity contribution is 6.33. The van der Waals surface area contributed by atoms with E-state index in [4.69, 9.17) is 11.6 Å². The molecule has 0 radical (unpaired) electrons. The van der Waals surface area contributed by atoms with E-state index < -0.39 is 23.8 Å². The van der Waals surface area contributed by atoms with Gasteiger partial charge in [0.15, 0.2) is 0 Å². The summed E-state index contributed by atoms with van der Waals surface area (Å²) in [4.78, 5) is 39.9. The Morgan fingerprint density at radius 2 is 2.28 bits per heavy atom. The second kappa shape index (κ2) is 4.73. The second-order valence-corrected chi connectivity index (χ2v) is 4.28. The molecule has 1 aromatic heterocycles. The average Bonchev–Trinajstić information content (AvgIpc) is 2.33. The first kappa shape index (κ1) is 12.5. The summed E-state index contributed by atoms with van der Waals surface area (Å²) in [6.07, 6.45) is 2.76. The molecule has 6 nitrogen and oxygen atoms in total. The van der Waals surface area contributed by atoms with Gasteiger partial charge in [0.25, 0.3) is 5.91 Å². The average molecular weight is 268 g/mol. The van der Waals surface area contributed by atoms with Gasteiger partial charge in [-0.15, -0.1) is 0 Å². The summed E-state index contributed by atoms with van der Waals surface area (Å²) >= 11 is 5.86. The van der Waals surface area contributed by atoms with Crippen LogP contribution >= 0.6 is 11.6 Å². The molecule has 0 saturated carbocycles. The molecule has 1 aliphatic rings. The van der Waals surface area contributed by atoms with Crippen LogP contribution in [0.4, 0.5) is 0 Å².